The van der Waals surface area contributed by atoms with Gasteiger partial charge >= 0.3 is 0 Å². The van der Waals surface area contributed by atoms with E-state index in [0.29, 0.717) is 24.1 Å². The maximum atomic E-state index is 12.7. The lowest BCUT2D eigenvalue weighted by molar-refractivity contribution is -0.385. The maximum Gasteiger partial charge on any atom is 0.278 e. The number of non-ortho nitro benzene ring substituents is 1. The van der Waals surface area contributed by atoms with E-state index in [9.17, 15) is 25.1 Å². The highest BCUT2D eigenvalue weighted by Crippen LogP contribution is 2.27. The molecule has 5 N–H and O–H groups in total. The Bertz CT molecular complexity index is 910. The summed E-state index contributed by atoms with van der Waals surface area (Å²) in [6, 6.07) is 3.24. The van der Waals surface area contributed by atoms with Crippen LogP contribution in [-0.4, -0.2) is 14.6 Å². The molecule has 10 nitrogen and oxygen atoms in total. The van der Waals surface area contributed by atoms with Crippen LogP contribution in [0, 0.1) is 17.0 Å². The molecule has 0 radical (unpaired) electrons. The fourth-order valence-corrected chi connectivity index (χ4v) is 2.65. The summed E-state index contributed by atoms with van der Waals surface area (Å²) in [6.07, 6.45) is 1.51. The van der Waals surface area contributed by atoms with Gasteiger partial charge in [0.25, 0.3) is 11.2 Å². The molecule has 0 saturated carbocycles. The average molecular weight is 376 g/mol. The topological polar surface area (TPSA) is 159 Å². The zero-order valence-electron chi connectivity index (χ0n) is 15.1. The molecular weight excluding hydrogens is 354 g/mol. The second-order valence-corrected chi connectivity index (χ2v) is 6.00. The van der Waals surface area contributed by atoms with Crippen LogP contribution in [0.2, 0.25) is 0 Å². The van der Waals surface area contributed by atoms with Gasteiger partial charge in [-0.25, -0.2) is 0 Å². The zero-order chi connectivity index (χ0) is 20.1. The molecule has 0 aliphatic heterocycles. The number of nitrogens with two attached hydrogens (primary N) is 1. The molecule has 10 heteroatoms. The molecule has 1 aromatic heterocycles. The molecule has 146 valence electrons. The van der Waals surface area contributed by atoms with Crippen molar-refractivity contribution >= 4 is 17.1 Å². The molecule has 2 aromatic rings. The van der Waals surface area contributed by atoms with Crippen molar-refractivity contribution in [1.82, 2.24) is 4.57 Å². The SMILES string of the molecule is CCCCn1c(O)c(CN)c(C)c(NNc2cc([N+](=O)[O-])ccc2[O-])c1=O. The van der Waals surface area contributed by atoms with Crippen LogP contribution in [0.5, 0.6) is 11.6 Å². The summed E-state index contributed by atoms with van der Waals surface area (Å²) >= 11 is 0. The molecule has 0 saturated heterocycles. The van der Waals surface area contributed by atoms with E-state index in [-0.39, 0.29) is 29.5 Å². The van der Waals surface area contributed by atoms with Crippen molar-refractivity contribution < 1.29 is 15.1 Å². The first-order chi connectivity index (χ1) is 12.8. The number of pyridine rings is 1. The summed E-state index contributed by atoms with van der Waals surface area (Å²) in [7, 11) is 0. The van der Waals surface area contributed by atoms with E-state index in [1.165, 1.54) is 4.57 Å². The number of hydrogen-bond acceptors (Lipinski definition) is 8. The highest BCUT2D eigenvalue weighted by molar-refractivity contribution is 5.65. The number of aromatic hydroxyl groups is 1. The normalized spacial score (nSPS) is 10.6. The predicted octanol–water partition coefficient (Wildman–Crippen LogP) is 1.54. The predicted molar refractivity (Wildman–Crippen MR) is 99.7 cm³/mol. The number of hydrazine groups is 1. The third-order valence-corrected chi connectivity index (χ3v) is 4.25. The molecule has 0 bridgehead atoms. The standard InChI is InChI=1S/C17H23N5O5/c1-3-4-7-21-16(24)12(9-18)10(2)15(17(21)25)20-19-13-8-11(22(26)27)5-6-14(13)23/h5-6,8,19-20,23-24H,3-4,7,9,18H2,1-2H3/p-1. The van der Waals surface area contributed by atoms with Crippen LogP contribution in [0.1, 0.15) is 30.9 Å². The van der Waals surface area contributed by atoms with E-state index in [4.69, 9.17) is 5.73 Å². The first-order valence-electron chi connectivity index (χ1n) is 8.44. The molecule has 0 spiro atoms. The van der Waals surface area contributed by atoms with Crippen molar-refractivity contribution in [3.8, 4) is 11.6 Å². The molecule has 27 heavy (non-hydrogen) atoms. The molecule has 0 fully saturated rings. The van der Waals surface area contributed by atoms with E-state index >= 15 is 0 Å². The second kappa shape index (κ2) is 8.41. The fourth-order valence-electron chi connectivity index (χ4n) is 2.65. The summed E-state index contributed by atoms with van der Waals surface area (Å²) in [5.41, 5.74) is 11.0. The van der Waals surface area contributed by atoms with E-state index < -0.39 is 16.2 Å². The number of nitro benzene ring substituents is 1. The molecule has 1 aromatic carbocycles. The minimum absolute atomic E-state index is 0.0162. The third-order valence-electron chi connectivity index (χ3n) is 4.25. The van der Waals surface area contributed by atoms with E-state index in [1.807, 2.05) is 6.92 Å². The average Bonchev–Trinajstić information content (AvgIpc) is 2.63. The van der Waals surface area contributed by atoms with Crippen LogP contribution in [0.4, 0.5) is 17.1 Å². The van der Waals surface area contributed by atoms with Crippen LogP contribution >= 0.6 is 0 Å². The lowest BCUT2D eigenvalue weighted by Gasteiger charge is -2.20. The Labute approximate surface area is 155 Å². The quantitative estimate of drug-likeness (QED) is 0.399. The Morgan fingerprint density at radius 2 is 2.04 bits per heavy atom. The van der Waals surface area contributed by atoms with Crippen molar-refractivity contribution in [3.05, 3.63) is 49.8 Å². The monoisotopic (exact) mass is 376 g/mol. The van der Waals surface area contributed by atoms with Gasteiger partial charge in [0.05, 0.1) is 10.6 Å². The van der Waals surface area contributed by atoms with Crippen LogP contribution in [0.3, 0.4) is 0 Å². The Morgan fingerprint density at radius 3 is 2.63 bits per heavy atom. The minimum Gasteiger partial charge on any atom is -0.871 e. The lowest BCUT2D eigenvalue weighted by atomic mass is 10.1. The van der Waals surface area contributed by atoms with Crippen molar-refractivity contribution in [2.45, 2.75) is 39.8 Å². The van der Waals surface area contributed by atoms with Gasteiger partial charge in [0, 0.05) is 30.8 Å². The number of rotatable bonds is 8. The van der Waals surface area contributed by atoms with Gasteiger partial charge in [-0.05, 0) is 18.9 Å². The van der Waals surface area contributed by atoms with Gasteiger partial charge in [0.2, 0.25) is 0 Å². The minimum atomic E-state index is -0.624. The number of unbranched alkanes of at least 4 members (excludes halogenated alkanes) is 1. The maximum absolute atomic E-state index is 12.7. The van der Waals surface area contributed by atoms with E-state index in [0.717, 1.165) is 24.6 Å². The van der Waals surface area contributed by atoms with Gasteiger partial charge < -0.3 is 21.4 Å². The summed E-state index contributed by atoms with van der Waals surface area (Å²) in [6.45, 7) is 3.90. The van der Waals surface area contributed by atoms with Gasteiger partial charge in [0.1, 0.15) is 5.69 Å². The highest BCUT2D eigenvalue weighted by Gasteiger charge is 2.18. The van der Waals surface area contributed by atoms with Gasteiger partial charge in [-0.3, -0.25) is 24.9 Å². The Hall–Kier alpha value is -3.27. The smallest absolute Gasteiger partial charge is 0.278 e. The summed E-state index contributed by atoms with van der Waals surface area (Å²) < 4.78 is 1.22. The number of nitro groups is 1. The molecule has 0 aliphatic carbocycles. The van der Waals surface area contributed by atoms with Crippen LogP contribution in [-0.2, 0) is 13.1 Å². The Morgan fingerprint density at radius 1 is 1.33 bits per heavy atom. The van der Waals surface area contributed by atoms with E-state index in [1.54, 1.807) is 6.92 Å². The van der Waals surface area contributed by atoms with Gasteiger partial charge in [-0.1, -0.05) is 25.2 Å². The molecule has 0 atom stereocenters. The Kier molecular flexibility index (Phi) is 6.24. The number of nitrogens with one attached hydrogen (secondary N) is 2. The molecule has 0 unspecified atom stereocenters. The van der Waals surface area contributed by atoms with Crippen LogP contribution in [0.15, 0.2) is 23.0 Å². The summed E-state index contributed by atoms with van der Waals surface area (Å²) in [5.74, 6) is -0.659. The van der Waals surface area contributed by atoms with Crippen LogP contribution < -0.4 is 27.3 Å². The fraction of sp³-hybridized carbons (Fsp3) is 0.353. The number of aromatic nitrogens is 1. The van der Waals surface area contributed by atoms with Crippen molar-refractivity contribution in [2.24, 2.45) is 5.73 Å². The largest absolute Gasteiger partial charge is 0.871 e. The van der Waals surface area contributed by atoms with E-state index in [2.05, 4.69) is 10.9 Å². The van der Waals surface area contributed by atoms with Crippen molar-refractivity contribution in [1.29, 1.82) is 0 Å². The summed E-state index contributed by atoms with van der Waals surface area (Å²) in [5, 5.41) is 33.1. The number of hydrogen-bond donors (Lipinski definition) is 4. The van der Waals surface area contributed by atoms with Crippen molar-refractivity contribution in [3.63, 3.8) is 0 Å². The molecule has 2 rings (SSSR count). The molecule has 0 aliphatic rings. The Balaban J connectivity index is 2.43. The van der Waals surface area contributed by atoms with Gasteiger partial charge in [-0.2, -0.15) is 0 Å². The van der Waals surface area contributed by atoms with Gasteiger partial charge in [-0.15, -0.1) is 0 Å². The van der Waals surface area contributed by atoms with Gasteiger partial charge in [0.15, 0.2) is 5.88 Å². The first kappa shape index (κ1) is 20.0. The molecule has 0 amide bonds. The molecule has 1 heterocycles. The number of nitrogens with zero attached hydrogens (tertiary/aromatic N) is 2. The van der Waals surface area contributed by atoms with Crippen molar-refractivity contribution in [2.75, 3.05) is 10.9 Å². The highest BCUT2D eigenvalue weighted by atomic mass is 16.6. The third kappa shape index (κ3) is 4.11. The second-order valence-electron chi connectivity index (χ2n) is 6.00. The lowest BCUT2D eigenvalue weighted by Crippen LogP contribution is -2.28. The molecular formula is C17H22N5O5-. The number of benzene rings is 1. The van der Waals surface area contributed by atoms with Crippen LogP contribution in [0.25, 0.3) is 0 Å². The first-order valence-corrected chi connectivity index (χ1v) is 8.44. The zero-order valence-corrected chi connectivity index (χ0v) is 15.1. The summed E-state index contributed by atoms with van der Waals surface area (Å²) in [4.78, 5) is 23.0. The number of anilines is 2.